The maximum Gasteiger partial charge on any atom is 0.416 e. The third-order valence-electron chi connectivity index (χ3n) is 4.68. The van der Waals surface area contributed by atoms with Crippen LogP contribution in [0.2, 0.25) is 0 Å². The van der Waals surface area contributed by atoms with E-state index in [9.17, 15) is 26.4 Å². The van der Waals surface area contributed by atoms with E-state index in [1.165, 1.54) is 22.5 Å². The van der Waals surface area contributed by atoms with Crippen LogP contribution in [0.4, 0.5) is 18.9 Å². The van der Waals surface area contributed by atoms with Gasteiger partial charge >= 0.3 is 6.18 Å². The monoisotopic (exact) mass is 428 g/mol. The van der Waals surface area contributed by atoms with Crippen molar-refractivity contribution in [3.05, 3.63) is 58.7 Å². The summed E-state index contributed by atoms with van der Waals surface area (Å²) in [6.07, 6.45) is -4.57. The fourth-order valence-electron chi connectivity index (χ4n) is 2.85. The van der Waals surface area contributed by atoms with Crippen molar-refractivity contribution in [2.24, 2.45) is 0 Å². The summed E-state index contributed by atoms with van der Waals surface area (Å²) < 4.78 is 65.6. The van der Waals surface area contributed by atoms with Gasteiger partial charge in [0.05, 0.1) is 10.5 Å². The molecule has 0 aliphatic heterocycles. The Kier molecular flexibility index (Phi) is 6.74. The van der Waals surface area contributed by atoms with Gasteiger partial charge in [-0.25, -0.2) is 8.42 Å². The second-order valence-electron chi connectivity index (χ2n) is 6.53. The summed E-state index contributed by atoms with van der Waals surface area (Å²) in [6, 6.07) is 6.91. The van der Waals surface area contributed by atoms with Crippen molar-refractivity contribution in [3.8, 4) is 0 Å². The summed E-state index contributed by atoms with van der Waals surface area (Å²) in [5, 5.41) is 2.54. The van der Waals surface area contributed by atoms with Crippen LogP contribution >= 0.6 is 0 Å². The Morgan fingerprint density at radius 1 is 1.07 bits per heavy atom. The molecule has 0 saturated carbocycles. The Morgan fingerprint density at radius 3 is 2.24 bits per heavy atom. The number of nitrogens with zero attached hydrogens (tertiary/aromatic N) is 1. The summed E-state index contributed by atoms with van der Waals surface area (Å²) in [4.78, 5) is 12.5. The Hall–Kier alpha value is -2.39. The predicted octanol–water partition coefficient (Wildman–Crippen LogP) is 4.61. The van der Waals surface area contributed by atoms with E-state index in [0.717, 1.165) is 18.2 Å². The van der Waals surface area contributed by atoms with Gasteiger partial charge in [-0.15, -0.1) is 0 Å². The van der Waals surface area contributed by atoms with E-state index in [0.29, 0.717) is 11.1 Å². The number of carbonyl (C=O) groups excluding carboxylic acids is 1. The number of amides is 1. The van der Waals surface area contributed by atoms with Crippen molar-refractivity contribution in [1.82, 2.24) is 4.31 Å². The highest BCUT2D eigenvalue weighted by atomic mass is 32.2. The van der Waals surface area contributed by atoms with Crippen molar-refractivity contribution < 1.29 is 26.4 Å². The number of rotatable bonds is 6. The van der Waals surface area contributed by atoms with Gasteiger partial charge in [0, 0.05) is 24.3 Å². The molecule has 0 unspecified atom stereocenters. The summed E-state index contributed by atoms with van der Waals surface area (Å²) in [5.74, 6) is -0.754. The van der Waals surface area contributed by atoms with Crippen LogP contribution in [-0.4, -0.2) is 31.7 Å². The normalized spacial score (nSPS) is 12.3. The first-order valence-electron chi connectivity index (χ1n) is 9.01. The van der Waals surface area contributed by atoms with Crippen LogP contribution in [0.15, 0.2) is 41.3 Å². The molecule has 2 rings (SSSR count). The highest BCUT2D eigenvalue weighted by Crippen LogP contribution is 2.30. The van der Waals surface area contributed by atoms with Gasteiger partial charge in [-0.3, -0.25) is 4.79 Å². The molecule has 0 spiro atoms. The molecule has 0 aliphatic carbocycles. The summed E-state index contributed by atoms with van der Waals surface area (Å²) in [6.45, 7) is 7.42. The number of nitrogens with one attached hydrogen (secondary N) is 1. The number of aryl methyl sites for hydroxylation is 1. The molecule has 0 saturated heterocycles. The highest BCUT2D eigenvalue weighted by Gasteiger charge is 2.31. The van der Waals surface area contributed by atoms with Gasteiger partial charge in [0.1, 0.15) is 0 Å². The van der Waals surface area contributed by atoms with Gasteiger partial charge in [0.15, 0.2) is 0 Å². The molecule has 1 N–H and O–H groups in total. The van der Waals surface area contributed by atoms with E-state index in [4.69, 9.17) is 0 Å². The molecule has 0 aliphatic rings. The first-order chi connectivity index (χ1) is 13.4. The van der Waals surface area contributed by atoms with Gasteiger partial charge in [-0.2, -0.15) is 17.5 Å². The molecular formula is C20H23F3N2O3S. The zero-order valence-electron chi connectivity index (χ0n) is 16.6. The van der Waals surface area contributed by atoms with E-state index in [2.05, 4.69) is 5.32 Å². The van der Waals surface area contributed by atoms with Crippen LogP contribution in [0.3, 0.4) is 0 Å². The Labute approximate surface area is 168 Å². The topological polar surface area (TPSA) is 66.5 Å². The van der Waals surface area contributed by atoms with E-state index in [-0.39, 0.29) is 29.2 Å². The quantitative estimate of drug-likeness (QED) is 0.731. The standard InChI is InChI=1S/C20H23F3N2O3S/c1-5-25(6-2)29(27,28)17-10-13(3)14(4)18(12-17)24-19(26)15-8-7-9-16(11-15)20(21,22)23/h7-12H,5-6H2,1-4H3,(H,24,26). The van der Waals surface area contributed by atoms with Gasteiger partial charge < -0.3 is 5.32 Å². The number of hydrogen-bond donors (Lipinski definition) is 1. The Bertz CT molecular complexity index is 1010. The van der Waals surface area contributed by atoms with Crippen LogP contribution in [0.5, 0.6) is 0 Å². The van der Waals surface area contributed by atoms with Crippen LogP contribution in [0, 0.1) is 13.8 Å². The van der Waals surface area contributed by atoms with Gasteiger partial charge in [0.2, 0.25) is 10.0 Å². The number of carbonyl (C=O) groups is 1. The van der Waals surface area contributed by atoms with Crippen molar-refractivity contribution in [2.75, 3.05) is 18.4 Å². The van der Waals surface area contributed by atoms with Crippen LogP contribution < -0.4 is 5.32 Å². The lowest BCUT2D eigenvalue weighted by Gasteiger charge is -2.20. The van der Waals surface area contributed by atoms with Crippen molar-refractivity contribution >= 4 is 21.6 Å². The minimum absolute atomic E-state index is 0.0173. The lowest BCUT2D eigenvalue weighted by atomic mass is 10.1. The zero-order chi connectivity index (χ0) is 22.0. The molecule has 0 aromatic heterocycles. The average molecular weight is 428 g/mol. The fraction of sp³-hybridized carbons (Fsp3) is 0.350. The van der Waals surface area contributed by atoms with Crippen molar-refractivity contribution in [2.45, 2.75) is 38.8 Å². The third kappa shape index (κ3) is 4.97. The number of benzene rings is 2. The second kappa shape index (κ2) is 8.54. The molecular weight excluding hydrogens is 405 g/mol. The molecule has 2 aromatic carbocycles. The lowest BCUT2D eigenvalue weighted by Crippen LogP contribution is -2.30. The van der Waals surface area contributed by atoms with Crippen LogP contribution in [0.25, 0.3) is 0 Å². The van der Waals surface area contributed by atoms with E-state index in [1.807, 2.05) is 0 Å². The van der Waals surface area contributed by atoms with Crippen molar-refractivity contribution in [3.63, 3.8) is 0 Å². The predicted molar refractivity (Wildman–Crippen MR) is 105 cm³/mol. The fourth-order valence-corrected chi connectivity index (χ4v) is 4.42. The maximum atomic E-state index is 12.9. The SMILES string of the molecule is CCN(CC)S(=O)(=O)c1cc(C)c(C)c(NC(=O)c2cccc(C(F)(F)F)c2)c1. The lowest BCUT2D eigenvalue weighted by molar-refractivity contribution is -0.137. The van der Waals surface area contributed by atoms with E-state index >= 15 is 0 Å². The number of hydrogen-bond acceptors (Lipinski definition) is 3. The molecule has 0 radical (unpaired) electrons. The van der Waals surface area contributed by atoms with Crippen molar-refractivity contribution in [1.29, 1.82) is 0 Å². The van der Waals surface area contributed by atoms with E-state index in [1.54, 1.807) is 27.7 Å². The Balaban J connectivity index is 2.44. The molecule has 158 valence electrons. The van der Waals surface area contributed by atoms with Crippen LogP contribution in [-0.2, 0) is 16.2 Å². The molecule has 0 atom stereocenters. The molecule has 0 fully saturated rings. The largest absolute Gasteiger partial charge is 0.416 e. The third-order valence-corrected chi connectivity index (χ3v) is 6.71. The summed E-state index contributed by atoms with van der Waals surface area (Å²) >= 11 is 0. The molecule has 0 bridgehead atoms. The number of anilines is 1. The highest BCUT2D eigenvalue weighted by molar-refractivity contribution is 7.89. The summed E-state index contributed by atoms with van der Waals surface area (Å²) in [5.41, 5.74) is 0.393. The molecule has 9 heteroatoms. The zero-order valence-corrected chi connectivity index (χ0v) is 17.4. The molecule has 1 amide bonds. The second-order valence-corrected chi connectivity index (χ2v) is 8.47. The minimum atomic E-state index is -4.57. The molecule has 29 heavy (non-hydrogen) atoms. The summed E-state index contributed by atoms with van der Waals surface area (Å²) in [7, 11) is -3.76. The first kappa shape index (κ1) is 22.9. The Morgan fingerprint density at radius 2 is 1.69 bits per heavy atom. The van der Waals surface area contributed by atoms with Gasteiger partial charge in [-0.1, -0.05) is 19.9 Å². The average Bonchev–Trinajstić information content (AvgIpc) is 2.65. The maximum absolute atomic E-state index is 12.9. The minimum Gasteiger partial charge on any atom is -0.322 e. The molecule has 2 aromatic rings. The molecule has 0 heterocycles. The number of halogens is 3. The number of sulfonamides is 1. The van der Waals surface area contributed by atoms with E-state index < -0.39 is 27.7 Å². The first-order valence-corrected chi connectivity index (χ1v) is 10.5. The van der Waals surface area contributed by atoms with Gasteiger partial charge in [-0.05, 0) is 55.3 Å². The van der Waals surface area contributed by atoms with Crippen LogP contribution in [0.1, 0.15) is 40.9 Å². The molecule has 5 nitrogen and oxygen atoms in total. The smallest absolute Gasteiger partial charge is 0.322 e. The van der Waals surface area contributed by atoms with Gasteiger partial charge in [0.25, 0.3) is 5.91 Å². The number of alkyl halides is 3.